The predicted molar refractivity (Wildman–Crippen MR) is 39.6 cm³/mol. The van der Waals surface area contributed by atoms with Gasteiger partial charge in [-0.05, 0) is 12.2 Å². The lowest BCUT2D eigenvalue weighted by Crippen LogP contribution is -2.18. The molecule has 12 heavy (non-hydrogen) atoms. The molecule has 0 saturated heterocycles. The van der Waals surface area contributed by atoms with Gasteiger partial charge in [-0.2, -0.15) is 0 Å². The highest BCUT2D eigenvalue weighted by atomic mass is 19.1. The van der Waals surface area contributed by atoms with Crippen molar-refractivity contribution in [3.8, 4) is 0 Å². The molecule has 0 aromatic rings. The number of aliphatic imine (C=N–C) groups is 1. The average molecular weight is 165 g/mol. The van der Waals surface area contributed by atoms with Gasteiger partial charge in [-0.25, -0.2) is 9.38 Å². The number of alkyl halides is 1. The van der Waals surface area contributed by atoms with Gasteiger partial charge in [-0.1, -0.05) is 6.08 Å². The first-order valence-corrected chi connectivity index (χ1v) is 3.40. The summed E-state index contributed by atoms with van der Waals surface area (Å²) in [5.74, 6) is -1.58. The maximum absolute atomic E-state index is 12.9. The van der Waals surface area contributed by atoms with Crippen LogP contribution in [0.1, 0.15) is 0 Å². The molecule has 0 bridgehead atoms. The Labute approximate surface area is 67.3 Å². The van der Waals surface area contributed by atoms with E-state index in [-0.39, 0.29) is 11.3 Å². The molecule has 1 amide bonds. The van der Waals surface area contributed by atoms with Gasteiger partial charge in [0.15, 0.2) is 6.17 Å². The maximum atomic E-state index is 12.9. The van der Waals surface area contributed by atoms with E-state index in [9.17, 15) is 14.0 Å². The van der Waals surface area contributed by atoms with E-state index >= 15 is 0 Å². The molecule has 60 valence electrons. The largest absolute Gasteiger partial charge is 0.318 e. The molecule has 0 aromatic carbocycles. The fourth-order valence-corrected chi connectivity index (χ4v) is 1.16. The molecule has 4 heteroatoms. The fourth-order valence-electron chi connectivity index (χ4n) is 1.16. The number of carbonyl (C=O) groups is 2. The average Bonchev–Trinajstić information content (AvgIpc) is 2.32. The molecule has 2 aliphatic rings. The minimum absolute atomic E-state index is 0.0486. The zero-order chi connectivity index (χ0) is 8.72. The number of hydrogen-bond donors (Lipinski definition) is 0. The molecule has 1 aliphatic carbocycles. The number of ketones is 1. The van der Waals surface area contributed by atoms with Crippen molar-refractivity contribution in [2.75, 3.05) is 0 Å². The van der Waals surface area contributed by atoms with Crippen LogP contribution in [0.3, 0.4) is 0 Å². The fraction of sp³-hybridized carbons (Fsp3) is 0.125. The van der Waals surface area contributed by atoms with Crippen LogP contribution >= 0.6 is 0 Å². The monoisotopic (exact) mass is 165 g/mol. The lowest BCUT2D eigenvalue weighted by Gasteiger charge is -2.06. The third kappa shape index (κ3) is 0.777. The Hall–Kier alpha value is -1.58. The summed E-state index contributed by atoms with van der Waals surface area (Å²) in [7, 11) is 0. The Morgan fingerprint density at radius 3 is 2.83 bits per heavy atom. The second kappa shape index (κ2) is 2.20. The molecule has 3 nitrogen and oxygen atoms in total. The number of hydrogen-bond acceptors (Lipinski definition) is 2. The molecule has 0 fully saturated rings. The van der Waals surface area contributed by atoms with Crippen LogP contribution in [0.5, 0.6) is 0 Å². The van der Waals surface area contributed by atoms with Crippen LogP contribution in [0.4, 0.5) is 4.39 Å². The number of amides is 1. The van der Waals surface area contributed by atoms with Crippen LogP contribution in [0.2, 0.25) is 0 Å². The number of fused-ring (bicyclic) bond motifs is 1. The maximum Gasteiger partial charge on any atom is 0.318 e. The van der Waals surface area contributed by atoms with Gasteiger partial charge in [-0.15, -0.1) is 0 Å². The van der Waals surface area contributed by atoms with Crippen molar-refractivity contribution in [3.63, 3.8) is 0 Å². The molecular weight excluding hydrogens is 161 g/mol. The minimum Gasteiger partial charge on any atom is -0.283 e. The summed E-state index contributed by atoms with van der Waals surface area (Å²) in [5, 5.41) is 0. The highest BCUT2D eigenvalue weighted by Crippen LogP contribution is 2.19. The van der Waals surface area contributed by atoms with E-state index in [1.807, 2.05) is 0 Å². The van der Waals surface area contributed by atoms with Gasteiger partial charge in [0.2, 0.25) is 0 Å². The van der Waals surface area contributed by atoms with E-state index in [2.05, 4.69) is 4.99 Å². The zero-order valence-electron chi connectivity index (χ0n) is 5.95. The number of allylic oxidation sites excluding steroid dienone is 3. The van der Waals surface area contributed by atoms with Crippen molar-refractivity contribution < 1.29 is 14.0 Å². The van der Waals surface area contributed by atoms with E-state index in [0.717, 1.165) is 0 Å². The Bertz CT molecular complexity index is 365. The summed E-state index contributed by atoms with van der Waals surface area (Å²) in [5.41, 5.74) is 0.0440. The Balaban J connectivity index is 2.54. The number of halogens is 1. The van der Waals surface area contributed by atoms with Crippen molar-refractivity contribution in [1.29, 1.82) is 0 Å². The summed E-state index contributed by atoms with van der Waals surface area (Å²) < 4.78 is 12.9. The Morgan fingerprint density at radius 1 is 1.42 bits per heavy atom. The van der Waals surface area contributed by atoms with E-state index in [1.54, 1.807) is 0 Å². The normalized spacial score (nSPS) is 26.9. The first kappa shape index (κ1) is 7.09. The molecule has 0 aromatic heterocycles. The van der Waals surface area contributed by atoms with Crippen LogP contribution in [0, 0.1) is 0 Å². The predicted octanol–water partition coefficient (Wildman–Crippen LogP) is 0.371. The Morgan fingerprint density at radius 2 is 2.17 bits per heavy atom. The SMILES string of the molecule is O=C1N=C2C(=CC=CC2F)C1=O. The van der Waals surface area contributed by atoms with Crippen LogP contribution in [-0.2, 0) is 9.59 Å². The molecular formula is C8H4FNO2. The summed E-state index contributed by atoms with van der Waals surface area (Å²) in [6.07, 6.45) is 2.65. The smallest absolute Gasteiger partial charge is 0.283 e. The van der Waals surface area contributed by atoms with Crippen LogP contribution < -0.4 is 0 Å². The van der Waals surface area contributed by atoms with Crippen LogP contribution in [0.25, 0.3) is 0 Å². The Kier molecular flexibility index (Phi) is 1.30. The molecule has 1 heterocycles. The van der Waals surface area contributed by atoms with E-state index in [1.165, 1.54) is 18.2 Å². The van der Waals surface area contributed by atoms with E-state index in [0.29, 0.717) is 0 Å². The molecule has 0 N–H and O–H groups in total. The van der Waals surface area contributed by atoms with Crippen molar-refractivity contribution in [1.82, 2.24) is 0 Å². The molecule has 0 spiro atoms. The van der Waals surface area contributed by atoms with Crippen LogP contribution in [-0.4, -0.2) is 23.6 Å². The third-order valence-electron chi connectivity index (χ3n) is 1.74. The van der Waals surface area contributed by atoms with Crippen molar-refractivity contribution >= 4 is 17.4 Å². The second-order valence-electron chi connectivity index (χ2n) is 2.50. The molecule has 0 saturated carbocycles. The number of rotatable bonds is 0. The molecule has 0 radical (unpaired) electrons. The highest BCUT2D eigenvalue weighted by Gasteiger charge is 2.35. The quantitative estimate of drug-likeness (QED) is 0.487. The van der Waals surface area contributed by atoms with Gasteiger partial charge in [0.05, 0.1) is 11.3 Å². The van der Waals surface area contributed by atoms with Crippen LogP contribution in [0.15, 0.2) is 28.8 Å². The lowest BCUT2D eigenvalue weighted by atomic mass is 10.0. The molecule has 1 unspecified atom stereocenters. The number of nitrogens with zero attached hydrogens (tertiary/aromatic N) is 1. The highest BCUT2D eigenvalue weighted by molar-refractivity contribution is 6.56. The minimum atomic E-state index is -1.42. The summed E-state index contributed by atoms with van der Waals surface area (Å²) in [6.45, 7) is 0. The van der Waals surface area contributed by atoms with Gasteiger partial charge in [0.1, 0.15) is 0 Å². The summed E-state index contributed by atoms with van der Waals surface area (Å²) in [4.78, 5) is 25.0. The molecule has 1 atom stereocenters. The van der Waals surface area contributed by atoms with Crippen molar-refractivity contribution in [2.45, 2.75) is 6.17 Å². The van der Waals surface area contributed by atoms with Crippen molar-refractivity contribution in [3.05, 3.63) is 23.8 Å². The number of Topliss-reactive ketones (excluding diaryl/α,β-unsaturated/α-hetero) is 1. The third-order valence-corrected chi connectivity index (χ3v) is 1.74. The van der Waals surface area contributed by atoms with E-state index in [4.69, 9.17) is 0 Å². The summed E-state index contributed by atoms with van der Waals surface area (Å²) >= 11 is 0. The molecule has 1 aliphatic heterocycles. The van der Waals surface area contributed by atoms with E-state index < -0.39 is 17.9 Å². The van der Waals surface area contributed by atoms with Gasteiger partial charge < -0.3 is 0 Å². The van der Waals surface area contributed by atoms with Crippen molar-refractivity contribution in [2.24, 2.45) is 4.99 Å². The zero-order valence-corrected chi connectivity index (χ0v) is 5.95. The standard InChI is InChI=1S/C8H4FNO2/c9-5-3-1-2-4-6(5)10-8(12)7(4)11/h1-3,5H. The van der Waals surface area contributed by atoms with Gasteiger partial charge in [0, 0.05) is 0 Å². The molecule has 2 rings (SSSR count). The summed E-state index contributed by atoms with van der Waals surface area (Å²) in [6, 6.07) is 0. The van der Waals surface area contributed by atoms with Gasteiger partial charge in [0.25, 0.3) is 5.78 Å². The first-order valence-electron chi connectivity index (χ1n) is 3.40. The second-order valence-corrected chi connectivity index (χ2v) is 2.50. The van der Waals surface area contributed by atoms with Gasteiger partial charge >= 0.3 is 5.91 Å². The topological polar surface area (TPSA) is 46.5 Å². The number of carbonyl (C=O) groups excluding carboxylic acids is 2. The van der Waals surface area contributed by atoms with Gasteiger partial charge in [-0.3, -0.25) is 9.59 Å². The first-order chi connectivity index (χ1) is 5.70. The lowest BCUT2D eigenvalue weighted by molar-refractivity contribution is -0.132.